The van der Waals surface area contributed by atoms with Crippen molar-refractivity contribution in [2.45, 2.75) is 60.4 Å². The van der Waals surface area contributed by atoms with Gasteiger partial charge in [-0.25, -0.2) is 0 Å². The first-order valence-electron chi connectivity index (χ1n) is 9.24. The largest absolute Gasteiger partial charge is 0.455 e. The van der Waals surface area contributed by atoms with Crippen molar-refractivity contribution in [2.75, 3.05) is 19.7 Å². The Morgan fingerprint density at radius 2 is 2.04 bits per heavy atom. The number of carbonyl (C=O) groups excluding carboxylic acids is 2. The molecule has 1 amide bonds. The number of likely N-dealkylation sites (tertiary alicyclic amines) is 1. The average Bonchev–Trinajstić information content (AvgIpc) is 2.79. The third-order valence-corrected chi connectivity index (χ3v) is 4.76. The molecule has 1 fully saturated rings. The summed E-state index contributed by atoms with van der Waals surface area (Å²) >= 11 is 0. The van der Waals surface area contributed by atoms with E-state index in [9.17, 15) is 9.59 Å². The van der Waals surface area contributed by atoms with Crippen molar-refractivity contribution in [3.05, 3.63) is 17.0 Å². The number of piperidine rings is 1. The molecule has 2 rings (SSSR count). The molecule has 6 heteroatoms. The molecule has 0 bridgehead atoms. The molecule has 1 aliphatic heterocycles. The van der Waals surface area contributed by atoms with Crippen LogP contribution in [0.3, 0.4) is 0 Å². The minimum absolute atomic E-state index is 0.0937. The lowest BCUT2D eigenvalue weighted by Gasteiger charge is -2.30. The van der Waals surface area contributed by atoms with E-state index in [1.807, 2.05) is 18.5 Å². The van der Waals surface area contributed by atoms with Crippen LogP contribution in [-0.2, 0) is 27.3 Å². The van der Waals surface area contributed by atoms with Crippen LogP contribution < -0.4 is 0 Å². The number of ether oxygens (including phenoxy) is 1. The van der Waals surface area contributed by atoms with Crippen LogP contribution in [0.4, 0.5) is 0 Å². The van der Waals surface area contributed by atoms with Gasteiger partial charge in [-0.1, -0.05) is 20.8 Å². The third kappa shape index (κ3) is 5.31. The number of carbonyl (C=O) groups is 2. The highest BCUT2D eigenvalue weighted by Crippen LogP contribution is 2.17. The second kappa shape index (κ2) is 8.50. The lowest BCUT2D eigenvalue weighted by atomic mass is 10.0. The van der Waals surface area contributed by atoms with Crippen LogP contribution in [0.15, 0.2) is 0 Å². The Kier molecular flexibility index (Phi) is 6.62. The molecule has 0 radical (unpaired) electrons. The van der Waals surface area contributed by atoms with Crippen molar-refractivity contribution in [3.63, 3.8) is 0 Å². The fourth-order valence-corrected chi connectivity index (χ4v) is 3.36. The Morgan fingerprint density at radius 1 is 1.32 bits per heavy atom. The van der Waals surface area contributed by atoms with Gasteiger partial charge in [0.1, 0.15) is 0 Å². The summed E-state index contributed by atoms with van der Waals surface area (Å²) in [6, 6.07) is 0. The molecule has 0 spiro atoms. The first kappa shape index (κ1) is 19.5. The topological polar surface area (TPSA) is 64.4 Å². The van der Waals surface area contributed by atoms with Gasteiger partial charge in [0.15, 0.2) is 6.61 Å². The van der Waals surface area contributed by atoms with E-state index in [0.29, 0.717) is 11.8 Å². The van der Waals surface area contributed by atoms with Crippen molar-refractivity contribution in [1.82, 2.24) is 14.7 Å². The molecule has 1 aromatic heterocycles. The van der Waals surface area contributed by atoms with Gasteiger partial charge < -0.3 is 9.64 Å². The van der Waals surface area contributed by atoms with Crippen LogP contribution in [0, 0.1) is 25.7 Å². The second-order valence-corrected chi connectivity index (χ2v) is 7.65. The molecule has 6 nitrogen and oxygen atoms in total. The van der Waals surface area contributed by atoms with Crippen molar-refractivity contribution in [3.8, 4) is 0 Å². The smallest absolute Gasteiger partial charge is 0.310 e. The first-order valence-corrected chi connectivity index (χ1v) is 9.24. The number of hydrogen-bond acceptors (Lipinski definition) is 4. The van der Waals surface area contributed by atoms with Gasteiger partial charge in [0.05, 0.1) is 12.1 Å². The number of aryl methyl sites for hydroxylation is 1. The van der Waals surface area contributed by atoms with Crippen molar-refractivity contribution >= 4 is 11.9 Å². The zero-order valence-corrected chi connectivity index (χ0v) is 16.2. The Morgan fingerprint density at radius 3 is 2.68 bits per heavy atom. The summed E-state index contributed by atoms with van der Waals surface area (Å²) in [6.45, 7) is 12.5. The van der Waals surface area contributed by atoms with Gasteiger partial charge in [-0.3, -0.25) is 14.3 Å². The summed E-state index contributed by atoms with van der Waals surface area (Å²) in [7, 11) is 0. The maximum absolute atomic E-state index is 12.2. The second-order valence-electron chi connectivity index (χ2n) is 7.65. The number of esters is 1. The molecule has 0 N–H and O–H groups in total. The fraction of sp³-hybridized carbons (Fsp3) is 0.737. The van der Waals surface area contributed by atoms with E-state index >= 15 is 0 Å². The van der Waals surface area contributed by atoms with Crippen LogP contribution in [0.25, 0.3) is 0 Å². The molecular weight excluding hydrogens is 318 g/mol. The molecule has 1 saturated heterocycles. The van der Waals surface area contributed by atoms with Crippen molar-refractivity contribution in [2.24, 2.45) is 11.8 Å². The molecule has 0 aromatic carbocycles. The van der Waals surface area contributed by atoms with Gasteiger partial charge in [-0.15, -0.1) is 0 Å². The number of hydrogen-bond donors (Lipinski definition) is 0. The normalized spacial score (nSPS) is 17.8. The molecule has 1 unspecified atom stereocenters. The number of aromatic nitrogens is 2. The highest BCUT2D eigenvalue weighted by atomic mass is 16.5. The number of rotatable bonds is 6. The van der Waals surface area contributed by atoms with Crippen LogP contribution >= 0.6 is 0 Å². The summed E-state index contributed by atoms with van der Waals surface area (Å²) in [5, 5.41) is 4.51. The number of amides is 1. The Labute approximate surface area is 150 Å². The monoisotopic (exact) mass is 349 g/mol. The Bertz CT molecular complexity index is 622. The van der Waals surface area contributed by atoms with E-state index < -0.39 is 0 Å². The Hall–Kier alpha value is -1.85. The minimum atomic E-state index is -0.367. The highest BCUT2D eigenvalue weighted by Gasteiger charge is 2.22. The van der Waals surface area contributed by atoms with Crippen LogP contribution in [-0.4, -0.2) is 46.3 Å². The van der Waals surface area contributed by atoms with E-state index in [-0.39, 0.29) is 24.9 Å². The summed E-state index contributed by atoms with van der Waals surface area (Å²) in [6.07, 6.45) is 2.34. The predicted octanol–water partition coefficient (Wildman–Crippen LogP) is 2.50. The average molecular weight is 349 g/mol. The van der Waals surface area contributed by atoms with Gasteiger partial charge >= 0.3 is 5.97 Å². The lowest BCUT2D eigenvalue weighted by Crippen LogP contribution is -2.41. The zero-order chi connectivity index (χ0) is 18.6. The molecule has 2 heterocycles. The molecule has 25 heavy (non-hydrogen) atoms. The minimum Gasteiger partial charge on any atom is -0.455 e. The van der Waals surface area contributed by atoms with Gasteiger partial charge in [0.2, 0.25) is 0 Å². The molecular formula is C19H31N3O3. The maximum atomic E-state index is 12.2. The molecule has 1 aliphatic rings. The first-order chi connectivity index (χ1) is 11.8. The van der Waals surface area contributed by atoms with E-state index in [2.05, 4.69) is 25.9 Å². The molecule has 0 aliphatic carbocycles. The van der Waals surface area contributed by atoms with Gasteiger partial charge in [0, 0.05) is 30.9 Å². The van der Waals surface area contributed by atoms with Crippen LogP contribution in [0.2, 0.25) is 0 Å². The molecule has 0 saturated carbocycles. The van der Waals surface area contributed by atoms with Crippen LogP contribution in [0.5, 0.6) is 0 Å². The fourth-order valence-electron chi connectivity index (χ4n) is 3.36. The predicted molar refractivity (Wildman–Crippen MR) is 96.2 cm³/mol. The van der Waals surface area contributed by atoms with Crippen LogP contribution in [0.1, 0.15) is 50.6 Å². The summed E-state index contributed by atoms with van der Waals surface area (Å²) in [5.74, 6) is 0.547. The van der Waals surface area contributed by atoms with Crippen molar-refractivity contribution < 1.29 is 14.3 Å². The van der Waals surface area contributed by atoms with E-state index in [4.69, 9.17) is 4.74 Å². The quantitative estimate of drug-likeness (QED) is 0.740. The maximum Gasteiger partial charge on any atom is 0.310 e. The SMILES string of the molecule is Cc1nn(CC(C)C)c(C)c1CC(=O)OCC(=O)N1CCCC(C)C1. The summed E-state index contributed by atoms with van der Waals surface area (Å²) in [5.41, 5.74) is 2.76. The molecule has 140 valence electrons. The van der Waals surface area contributed by atoms with Crippen molar-refractivity contribution in [1.29, 1.82) is 0 Å². The zero-order valence-electron chi connectivity index (χ0n) is 16.2. The number of nitrogens with zero attached hydrogens (tertiary/aromatic N) is 3. The standard InChI is InChI=1S/C19H31N3O3/c1-13(2)10-22-16(5)17(15(4)20-22)9-19(24)25-12-18(23)21-8-6-7-14(3)11-21/h13-14H,6-12H2,1-5H3. The van der Waals surface area contributed by atoms with E-state index in [0.717, 1.165) is 49.4 Å². The van der Waals surface area contributed by atoms with Gasteiger partial charge in [-0.2, -0.15) is 5.10 Å². The molecule has 1 atom stereocenters. The van der Waals surface area contributed by atoms with Gasteiger partial charge in [0.25, 0.3) is 5.91 Å². The summed E-state index contributed by atoms with van der Waals surface area (Å²) in [4.78, 5) is 26.2. The third-order valence-electron chi connectivity index (χ3n) is 4.76. The summed E-state index contributed by atoms with van der Waals surface area (Å²) < 4.78 is 7.18. The van der Waals surface area contributed by atoms with Gasteiger partial charge in [-0.05, 0) is 38.5 Å². The van der Waals surface area contributed by atoms with E-state index in [1.165, 1.54) is 0 Å². The molecule has 1 aromatic rings. The Balaban J connectivity index is 1.88. The van der Waals surface area contributed by atoms with E-state index in [1.54, 1.807) is 4.90 Å². The highest BCUT2D eigenvalue weighted by molar-refractivity contribution is 5.81. The lowest BCUT2D eigenvalue weighted by molar-refractivity contribution is -0.152.